The number of hydrogen-bond acceptors (Lipinski definition) is 3. The number of nitrogens with zero attached hydrogens (tertiary/aromatic N) is 1. The monoisotopic (exact) mass is 197 g/mol. The molecule has 0 saturated heterocycles. The molecule has 0 spiro atoms. The second kappa shape index (κ2) is 4.00. The van der Waals surface area contributed by atoms with Crippen LogP contribution in [0, 0.1) is 5.92 Å². The molecule has 1 heterocycles. The van der Waals surface area contributed by atoms with E-state index in [1.807, 2.05) is 38.8 Å². The lowest BCUT2D eigenvalue weighted by Crippen LogP contribution is -2.57. The van der Waals surface area contributed by atoms with Crippen molar-refractivity contribution in [1.29, 1.82) is 0 Å². The van der Waals surface area contributed by atoms with Crippen molar-refractivity contribution in [2.45, 2.75) is 40.0 Å². The van der Waals surface area contributed by atoms with Crippen LogP contribution in [-0.4, -0.2) is 23.1 Å². The number of rotatable bonds is 2. The summed E-state index contributed by atoms with van der Waals surface area (Å²) in [4.78, 5) is 13.5. The molecule has 0 aromatic carbocycles. The van der Waals surface area contributed by atoms with Crippen molar-refractivity contribution in [3.05, 3.63) is 11.8 Å². The van der Waals surface area contributed by atoms with Crippen LogP contribution in [0.2, 0.25) is 0 Å². The van der Waals surface area contributed by atoms with Crippen LogP contribution in [0.15, 0.2) is 11.8 Å². The molecule has 0 saturated carbocycles. The lowest BCUT2D eigenvalue weighted by molar-refractivity contribution is -0.120. The van der Waals surface area contributed by atoms with Crippen LogP contribution in [0.1, 0.15) is 27.7 Å². The summed E-state index contributed by atoms with van der Waals surface area (Å²) in [6, 6.07) is 0.291. The molecule has 1 aliphatic heterocycles. The molecule has 1 amide bonds. The zero-order valence-electron chi connectivity index (χ0n) is 9.24. The van der Waals surface area contributed by atoms with Gasteiger partial charge in [-0.3, -0.25) is 10.5 Å². The molecule has 0 aromatic rings. The third-order valence-electron chi connectivity index (χ3n) is 2.37. The summed E-state index contributed by atoms with van der Waals surface area (Å²) in [6.45, 7) is 8.10. The Morgan fingerprint density at radius 2 is 2.00 bits per heavy atom. The highest BCUT2D eigenvalue weighted by atomic mass is 16.2. The Labute approximate surface area is 85.1 Å². The normalized spacial score (nSPS) is 22.8. The second-order valence-corrected chi connectivity index (χ2v) is 4.20. The zero-order chi connectivity index (χ0) is 10.9. The van der Waals surface area contributed by atoms with Crippen molar-refractivity contribution < 1.29 is 4.79 Å². The molecule has 4 heteroatoms. The molecule has 4 nitrogen and oxygen atoms in total. The van der Waals surface area contributed by atoms with Gasteiger partial charge in [0.1, 0.15) is 0 Å². The van der Waals surface area contributed by atoms with Crippen LogP contribution in [0.5, 0.6) is 0 Å². The van der Waals surface area contributed by atoms with Crippen LogP contribution in [-0.2, 0) is 4.79 Å². The average molecular weight is 197 g/mol. The maximum atomic E-state index is 11.5. The predicted octanol–water partition coefficient (Wildman–Crippen LogP) is 0.609. The average Bonchev–Trinajstić information content (AvgIpc) is 2.02. The number of carbonyl (C=O) groups is 1. The van der Waals surface area contributed by atoms with Gasteiger partial charge in [0.15, 0.2) is 6.29 Å². The van der Waals surface area contributed by atoms with Crippen LogP contribution in [0.4, 0.5) is 0 Å². The maximum Gasteiger partial charge on any atom is 0.251 e. The highest BCUT2D eigenvalue weighted by Crippen LogP contribution is 2.17. The summed E-state index contributed by atoms with van der Waals surface area (Å²) in [7, 11) is 0. The molecule has 3 N–H and O–H groups in total. The highest BCUT2D eigenvalue weighted by Gasteiger charge is 2.26. The van der Waals surface area contributed by atoms with E-state index < -0.39 is 6.29 Å². The molecule has 0 radical (unpaired) electrons. The lowest BCUT2D eigenvalue weighted by Gasteiger charge is -2.36. The van der Waals surface area contributed by atoms with Gasteiger partial charge in [0.05, 0.1) is 0 Å². The van der Waals surface area contributed by atoms with E-state index in [1.54, 1.807) is 0 Å². The van der Waals surface area contributed by atoms with Gasteiger partial charge in [-0.1, -0.05) is 13.8 Å². The van der Waals surface area contributed by atoms with E-state index in [9.17, 15) is 4.79 Å². The van der Waals surface area contributed by atoms with Crippen molar-refractivity contribution in [2.24, 2.45) is 11.7 Å². The first-order valence-electron chi connectivity index (χ1n) is 4.99. The lowest BCUT2D eigenvalue weighted by atomic mass is 10.0. The summed E-state index contributed by atoms with van der Waals surface area (Å²) in [5, 5.41) is 2.74. The van der Waals surface area contributed by atoms with Crippen LogP contribution in [0.3, 0.4) is 0 Å². The minimum absolute atomic E-state index is 0.0515. The Kier molecular flexibility index (Phi) is 3.16. The smallest absolute Gasteiger partial charge is 0.251 e. The van der Waals surface area contributed by atoms with Gasteiger partial charge in [-0.15, -0.1) is 0 Å². The molecule has 0 aromatic heterocycles. The van der Waals surface area contributed by atoms with Gasteiger partial charge in [0.25, 0.3) is 5.91 Å². The fraction of sp³-hybridized carbons (Fsp3) is 0.700. The van der Waals surface area contributed by atoms with Crippen molar-refractivity contribution in [1.82, 2.24) is 10.2 Å². The Bertz CT molecular complexity index is 258. The minimum Gasteiger partial charge on any atom is -0.343 e. The fourth-order valence-corrected chi connectivity index (χ4v) is 1.47. The Hall–Kier alpha value is -1.03. The molecule has 0 fully saturated rings. The maximum absolute atomic E-state index is 11.5. The first kappa shape index (κ1) is 11.0. The summed E-state index contributed by atoms with van der Waals surface area (Å²) in [5.74, 6) is 0.174. The van der Waals surface area contributed by atoms with E-state index in [-0.39, 0.29) is 11.8 Å². The largest absolute Gasteiger partial charge is 0.343 e. The molecule has 14 heavy (non-hydrogen) atoms. The van der Waals surface area contributed by atoms with E-state index in [0.29, 0.717) is 6.04 Å². The number of nitrogens with two attached hydrogens (primary N) is 1. The van der Waals surface area contributed by atoms with Gasteiger partial charge in [-0.2, -0.15) is 0 Å². The summed E-state index contributed by atoms with van der Waals surface area (Å²) in [6.07, 6.45) is 1.48. The van der Waals surface area contributed by atoms with E-state index in [2.05, 4.69) is 5.32 Å². The summed E-state index contributed by atoms with van der Waals surface area (Å²) < 4.78 is 0. The zero-order valence-corrected chi connectivity index (χ0v) is 9.24. The minimum atomic E-state index is -0.398. The molecule has 1 aliphatic rings. The van der Waals surface area contributed by atoms with E-state index in [4.69, 9.17) is 5.73 Å². The molecule has 1 unspecified atom stereocenters. The fourth-order valence-electron chi connectivity index (χ4n) is 1.47. The van der Waals surface area contributed by atoms with E-state index in [0.717, 1.165) is 5.57 Å². The quantitative estimate of drug-likeness (QED) is 0.682. The van der Waals surface area contributed by atoms with E-state index >= 15 is 0 Å². The van der Waals surface area contributed by atoms with Gasteiger partial charge >= 0.3 is 0 Å². The van der Waals surface area contributed by atoms with Gasteiger partial charge in [-0.25, -0.2) is 0 Å². The second-order valence-electron chi connectivity index (χ2n) is 4.20. The molecule has 1 atom stereocenters. The van der Waals surface area contributed by atoms with Crippen molar-refractivity contribution in [2.75, 3.05) is 0 Å². The number of nitrogens with one attached hydrogen (secondary N) is 1. The van der Waals surface area contributed by atoms with Crippen LogP contribution >= 0.6 is 0 Å². The van der Waals surface area contributed by atoms with Crippen molar-refractivity contribution >= 4 is 5.91 Å². The highest BCUT2D eigenvalue weighted by molar-refractivity contribution is 5.94. The molecule has 1 rings (SSSR count). The molecular formula is C10H19N3O. The summed E-state index contributed by atoms with van der Waals surface area (Å²) in [5.41, 5.74) is 6.57. The van der Waals surface area contributed by atoms with Gasteiger partial charge < -0.3 is 10.2 Å². The van der Waals surface area contributed by atoms with Gasteiger partial charge in [-0.05, 0) is 19.8 Å². The van der Waals surface area contributed by atoms with Gasteiger partial charge in [0.2, 0.25) is 0 Å². The molecular weight excluding hydrogens is 178 g/mol. The third-order valence-corrected chi connectivity index (χ3v) is 2.37. The summed E-state index contributed by atoms with van der Waals surface area (Å²) >= 11 is 0. The van der Waals surface area contributed by atoms with Crippen LogP contribution in [0.25, 0.3) is 0 Å². The first-order chi connectivity index (χ1) is 6.43. The van der Waals surface area contributed by atoms with Crippen LogP contribution < -0.4 is 11.1 Å². The number of amides is 1. The Morgan fingerprint density at radius 1 is 1.43 bits per heavy atom. The SMILES string of the molecule is CC(C)C1=CN(C(C)C)C(N)NC1=O. The topological polar surface area (TPSA) is 58.4 Å². The molecule has 0 bridgehead atoms. The predicted molar refractivity (Wildman–Crippen MR) is 56.0 cm³/mol. The third kappa shape index (κ3) is 2.07. The Morgan fingerprint density at radius 3 is 2.43 bits per heavy atom. The van der Waals surface area contributed by atoms with Gasteiger partial charge in [0, 0.05) is 17.8 Å². The van der Waals surface area contributed by atoms with Crippen molar-refractivity contribution in [3.63, 3.8) is 0 Å². The first-order valence-corrected chi connectivity index (χ1v) is 4.99. The Balaban J connectivity index is 2.93. The molecule has 0 aliphatic carbocycles. The van der Waals surface area contributed by atoms with E-state index in [1.165, 1.54) is 0 Å². The number of hydrogen-bond donors (Lipinski definition) is 2. The standard InChI is InChI=1S/C10H19N3O/c1-6(2)8-5-13(7(3)4)10(11)12-9(8)14/h5-7,10H,11H2,1-4H3,(H,12,14). The molecule has 80 valence electrons. The van der Waals surface area contributed by atoms with Crippen molar-refractivity contribution in [3.8, 4) is 0 Å². The number of carbonyl (C=O) groups excluding carboxylic acids is 1.